The number of rotatable bonds is 6. The van der Waals surface area contributed by atoms with Crippen molar-refractivity contribution in [2.45, 2.75) is 25.9 Å². The molecular formula is C12H15IN2O4. The second-order valence-electron chi connectivity index (χ2n) is 4.17. The number of carbonyl (C=O) groups is 1. The first-order valence-corrected chi connectivity index (χ1v) is 6.90. The van der Waals surface area contributed by atoms with Gasteiger partial charge in [0, 0.05) is 22.2 Å². The Morgan fingerprint density at radius 1 is 1.58 bits per heavy atom. The molecule has 0 radical (unpaired) electrons. The summed E-state index contributed by atoms with van der Waals surface area (Å²) in [5.74, 6) is -0.335. The van der Waals surface area contributed by atoms with Crippen LogP contribution in [0.1, 0.15) is 30.1 Å². The summed E-state index contributed by atoms with van der Waals surface area (Å²) in [4.78, 5) is 22.0. The second kappa shape index (κ2) is 7.39. The molecule has 1 amide bonds. The minimum atomic E-state index is -0.527. The van der Waals surface area contributed by atoms with Gasteiger partial charge in [-0.3, -0.25) is 14.9 Å². The number of hydrogen-bond acceptors (Lipinski definition) is 4. The number of nitrogens with one attached hydrogen (secondary N) is 1. The lowest BCUT2D eigenvalue weighted by Crippen LogP contribution is -2.25. The van der Waals surface area contributed by atoms with Gasteiger partial charge in [0.15, 0.2) is 0 Å². The first-order valence-electron chi connectivity index (χ1n) is 5.82. The largest absolute Gasteiger partial charge is 0.393 e. The van der Waals surface area contributed by atoms with Crippen molar-refractivity contribution in [2.75, 3.05) is 6.54 Å². The lowest BCUT2D eigenvalue weighted by molar-refractivity contribution is -0.384. The highest BCUT2D eigenvalue weighted by Crippen LogP contribution is 2.19. The number of aliphatic hydroxyl groups is 1. The third kappa shape index (κ3) is 5.11. The maximum atomic E-state index is 11.9. The summed E-state index contributed by atoms with van der Waals surface area (Å²) in [6, 6.07) is 4.18. The minimum absolute atomic E-state index is 0.102. The number of carbonyl (C=O) groups excluding carboxylic acids is 1. The smallest absolute Gasteiger partial charge is 0.270 e. The molecule has 0 spiro atoms. The van der Waals surface area contributed by atoms with Crippen LogP contribution < -0.4 is 5.32 Å². The Morgan fingerprint density at radius 3 is 2.84 bits per heavy atom. The van der Waals surface area contributed by atoms with Crippen LogP contribution in [0.4, 0.5) is 5.69 Å². The van der Waals surface area contributed by atoms with Gasteiger partial charge in [0.25, 0.3) is 11.6 Å². The summed E-state index contributed by atoms with van der Waals surface area (Å²) in [6.07, 6.45) is 0.871. The molecule has 1 aromatic carbocycles. The maximum absolute atomic E-state index is 11.9. The third-order valence-corrected chi connectivity index (χ3v) is 3.43. The van der Waals surface area contributed by atoms with E-state index in [1.165, 1.54) is 12.1 Å². The summed E-state index contributed by atoms with van der Waals surface area (Å²) >= 11 is 1.96. The van der Waals surface area contributed by atoms with E-state index in [0.717, 1.165) is 0 Å². The molecule has 0 fully saturated rings. The molecule has 0 saturated heterocycles. The Hall–Kier alpha value is -1.22. The number of hydrogen-bond donors (Lipinski definition) is 2. The van der Waals surface area contributed by atoms with E-state index in [2.05, 4.69) is 5.32 Å². The van der Waals surface area contributed by atoms with Gasteiger partial charge < -0.3 is 10.4 Å². The van der Waals surface area contributed by atoms with Crippen molar-refractivity contribution in [3.8, 4) is 0 Å². The molecule has 1 aromatic rings. The van der Waals surface area contributed by atoms with Crippen molar-refractivity contribution >= 4 is 34.2 Å². The fourth-order valence-corrected chi connectivity index (χ4v) is 2.08. The van der Waals surface area contributed by atoms with Crippen LogP contribution in [0.5, 0.6) is 0 Å². The molecule has 0 aromatic heterocycles. The molecule has 2 N–H and O–H groups in total. The highest BCUT2D eigenvalue weighted by molar-refractivity contribution is 14.1. The second-order valence-corrected chi connectivity index (χ2v) is 5.33. The molecule has 7 heteroatoms. The Balaban J connectivity index is 2.66. The zero-order valence-electron chi connectivity index (χ0n) is 10.4. The molecule has 6 nitrogen and oxygen atoms in total. The van der Waals surface area contributed by atoms with Gasteiger partial charge in [0.05, 0.1) is 16.6 Å². The SMILES string of the molecule is CC(O)CCCNC(=O)c1cc([N+](=O)[O-])ccc1I. The Morgan fingerprint density at radius 2 is 2.26 bits per heavy atom. The summed E-state index contributed by atoms with van der Waals surface area (Å²) < 4.78 is 0.663. The van der Waals surface area contributed by atoms with E-state index in [4.69, 9.17) is 5.11 Å². The number of benzene rings is 1. The van der Waals surface area contributed by atoms with E-state index < -0.39 is 11.0 Å². The van der Waals surface area contributed by atoms with Crippen LogP contribution in [0.2, 0.25) is 0 Å². The number of halogens is 1. The van der Waals surface area contributed by atoms with E-state index in [-0.39, 0.29) is 11.6 Å². The Kier molecular flexibility index (Phi) is 6.16. The van der Waals surface area contributed by atoms with Gasteiger partial charge in [-0.25, -0.2) is 0 Å². The van der Waals surface area contributed by atoms with Crippen LogP contribution in [0, 0.1) is 13.7 Å². The predicted octanol–water partition coefficient (Wildman–Crippen LogP) is 2.09. The standard InChI is InChI=1S/C12H15IN2O4/c1-8(16)3-2-6-14-12(17)10-7-9(15(18)19)4-5-11(10)13/h4-5,7-8,16H,2-3,6H2,1H3,(H,14,17). The van der Waals surface area contributed by atoms with Gasteiger partial charge in [-0.05, 0) is 48.4 Å². The molecular weight excluding hydrogens is 363 g/mol. The molecule has 19 heavy (non-hydrogen) atoms. The van der Waals surface area contributed by atoms with Crippen LogP contribution in [0.3, 0.4) is 0 Å². The van der Waals surface area contributed by atoms with Gasteiger partial charge in [-0.2, -0.15) is 0 Å². The van der Waals surface area contributed by atoms with Crippen molar-refractivity contribution in [1.82, 2.24) is 5.32 Å². The van der Waals surface area contributed by atoms with E-state index in [9.17, 15) is 14.9 Å². The molecule has 1 rings (SSSR count). The predicted molar refractivity (Wildman–Crippen MR) is 79.1 cm³/mol. The van der Waals surface area contributed by atoms with Crippen molar-refractivity contribution in [1.29, 1.82) is 0 Å². The molecule has 0 heterocycles. The van der Waals surface area contributed by atoms with Crippen LogP contribution in [-0.2, 0) is 0 Å². The quantitative estimate of drug-likeness (QED) is 0.343. The molecule has 1 atom stereocenters. The number of nitro groups is 1. The average molecular weight is 378 g/mol. The Labute approximate surface area is 124 Å². The van der Waals surface area contributed by atoms with Gasteiger partial charge in [-0.1, -0.05) is 0 Å². The number of nitro benzene ring substituents is 1. The lowest BCUT2D eigenvalue weighted by atomic mass is 10.2. The van der Waals surface area contributed by atoms with Gasteiger partial charge in [0.2, 0.25) is 0 Å². The summed E-state index contributed by atoms with van der Waals surface area (Å²) in [5.41, 5.74) is 0.196. The van der Waals surface area contributed by atoms with E-state index in [1.807, 2.05) is 22.6 Å². The zero-order valence-corrected chi connectivity index (χ0v) is 12.6. The molecule has 0 aliphatic heterocycles. The molecule has 0 bridgehead atoms. The van der Waals surface area contributed by atoms with Gasteiger partial charge in [-0.15, -0.1) is 0 Å². The first-order chi connectivity index (χ1) is 8.91. The molecule has 1 unspecified atom stereocenters. The highest BCUT2D eigenvalue weighted by atomic mass is 127. The average Bonchev–Trinajstić information content (AvgIpc) is 2.34. The number of amides is 1. The van der Waals surface area contributed by atoms with E-state index in [1.54, 1.807) is 13.0 Å². The van der Waals surface area contributed by atoms with E-state index >= 15 is 0 Å². The lowest BCUT2D eigenvalue weighted by Gasteiger charge is -2.07. The number of aliphatic hydroxyl groups excluding tert-OH is 1. The van der Waals surface area contributed by atoms with Crippen molar-refractivity contribution in [3.63, 3.8) is 0 Å². The van der Waals surface area contributed by atoms with Gasteiger partial charge >= 0.3 is 0 Å². The number of non-ortho nitro benzene ring substituents is 1. The molecule has 0 saturated carbocycles. The van der Waals surface area contributed by atoms with E-state index in [0.29, 0.717) is 28.5 Å². The molecule has 0 aliphatic rings. The third-order valence-electron chi connectivity index (χ3n) is 2.49. The van der Waals surface area contributed by atoms with Gasteiger partial charge in [0.1, 0.15) is 0 Å². The number of nitrogens with zero attached hydrogens (tertiary/aromatic N) is 1. The van der Waals surface area contributed by atoms with Crippen LogP contribution in [0.25, 0.3) is 0 Å². The van der Waals surface area contributed by atoms with Crippen LogP contribution in [-0.4, -0.2) is 28.6 Å². The zero-order chi connectivity index (χ0) is 14.4. The van der Waals surface area contributed by atoms with Crippen LogP contribution >= 0.6 is 22.6 Å². The Bertz CT molecular complexity index is 477. The summed E-state index contributed by atoms with van der Waals surface area (Å²) in [7, 11) is 0. The fourth-order valence-electron chi connectivity index (χ4n) is 1.50. The minimum Gasteiger partial charge on any atom is -0.393 e. The normalized spacial score (nSPS) is 11.9. The van der Waals surface area contributed by atoms with Crippen LogP contribution in [0.15, 0.2) is 18.2 Å². The fraction of sp³-hybridized carbons (Fsp3) is 0.417. The highest BCUT2D eigenvalue weighted by Gasteiger charge is 2.15. The van der Waals surface area contributed by atoms with Crippen molar-refractivity contribution in [3.05, 3.63) is 37.4 Å². The molecule has 0 aliphatic carbocycles. The first kappa shape index (κ1) is 15.8. The van der Waals surface area contributed by atoms with Crippen molar-refractivity contribution in [2.24, 2.45) is 0 Å². The van der Waals surface area contributed by atoms with Crippen molar-refractivity contribution < 1.29 is 14.8 Å². The monoisotopic (exact) mass is 378 g/mol. The summed E-state index contributed by atoms with van der Waals surface area (Å²) in [6.45, 7) is 2.12. The maximum Gasteiger partial charge on any atom is 0.270 e. The molecule has 104 valence electrons. The topological polar surface area (TPSA) is 92.5 Å². The summed E-state index contributed by atoms with van der Waals surface area (Å²) in [5, 5.41) is 22.4.